The van der Waals surface area contributed by atoms with Crippen molar-refractivity contribution in [2.45, 2.75) is 26.0 Å². The van der Waals surface area contributed by atoms with Crippen molar-refractivity contribution >= 4 is 5.91 Å². The van der Waals surface area contributed by atoms with E-state index in [0.717, 1.165) is 17.7 Å². The van der Waals surface area contributed by atoms with Crippen molar-refractivity contribution in [2.75, 3.05) is 6.54 Å². The zero-order valence-electron chi connectivity index (χ0n) is 13.5. The van der Waals surface area contributed by atoms with Crippen LogP contribution in [-0.4, -0.2) is 33.2 Å². The van der Waals surface area contributed by atoms with E-state index in [4.69, 9.17) is 0 Å². The predicted octanol–water partition coefficient (Wildman–Crippen LogP) is 3.08. The minimum absolute atomic E-state index is 0.0572. The van der Waals surface area contributed by atoms with E-state index < -0.39 is 34.5 Å². The Bertz CT molecular complexity index is 727. The fraction of sp³-hybridized carbons (Fsp3) is 0.278. The first-order valence-electron chi connectivity index (χ1n) is 7.41. The fourth-order valence-electron chi connectivity index (χ4n) is 2.35. The number of carbonyl (C=O) groups excluding carboxylic acids is 1. The molecular formula is C18H19F2NO3. The Balaban J connectivity index is 2.36. The molecule has 24 heavy (non-hydrogen) atoms. The zero-order valence-corrected chi connectivity index (χ0v) is 13.5. The molecule has 0 aliphatic carbocycles. The number of aliphatic hydroxyl groups is 1. The lowest BCUT2D eigenvalue weighted by molar-refractivity contribution is 0.0277. The minimum atomic E-state index is -1.31. The van der Waals surface area contributed by atoms with Gasteiger partial charge in [-0.1, -0.05) is 30.3 Å². The van der Waals surface area contributed by atoms with Crippen LogP contribution in [0.3, 0.4) is 0 Å². The summed E-state index contributed by atoms with van der Waals surface area (Å²) in [5.74, 6) is -4.38. The summed E-state index contributed by atoms with van der Waals surface area (Å²) in [5, 5.41) is 19.4. The maximum absolute atomic E-state index is 14.0. The van der Waals surface area contributed by atoms with E-state index in [1.165, 1.54) is 18.7 Å². The second kappa shape index (κ2) is 6.97. The molecule has 0 aliphatic heterocycles. The molecule has 0 aliphatic rings. The molecule has 0 radical (unpaired) electrons. The standard InChI is InChI=1S/C18H19F2NO3/c1-18(2,24)11-21(10-12-6-4-3-5-7-12)17(23)13-8-9-14(19)16(22)15(13)20/h3-9,22,24H,10-11H2,1-2H3. The summed E-state index contributed by atoms with van der Waals surface area (Å²) in [6, 6.07) is 10.8. The lowest BCUT2D eigenvalue weighted by Crippen LogP contribution is -2.42. The van der Waals surface area contributed by atoms with Crippen LogP contribution in [0.25, 0.3) is 0 Å². The molecule has 2 aromatic rings. The van der Waals surface area contributed by atoms with Crippen LogP contribution in [0.5, 0.6) is 5.75 Å². The van der Waals surface area contributed by atoms with Crippen LogP contribution in [0.15, 0.2) is 42.5 Å². The predicted molar refractivity (Wildman–Crippen MR) is 85.5 cm³/mol. The lowest BCUT2D eigenvalue weighted by Gasteiger charge is -2.29. The van der Waals surface area contributed by atoms with Crippen LogP contribution in [0.2, 0.25) is 0 Å². The van der Waals surface area contributed by atoms with Gasteiger partial charge < -0.3 is 15.1 Å². The van der Waals surface area contributed by atoms with Crippen LogP contribution in [0.1, 0.15) is 29.8 Å². The van der Waals surface area contributed by atoms with Gasteiger partial charge in [-0.05, 0) is 31.5 Å². The highest BCUT2D eigenvalue weighted by molar-refractivity contribution is 5.95. The van der Waals surface area contributed by atoms with E-state index in [-0.39, 0.29) is 13.1 Å². The summed E-state index contributed by atoms with van der Waals surface area (Å²) in [4.78, 5) is 13.9. The lowest BCUT2D eigenvalue weighted by atomic mass is 10.1. The Morgan fingerprint density at radius 2 is 1.75 bits per heavy atom. The topological polar surface area (TPSA) is 60.8 Å². The van der Waals surface area contributed by atoms with Gasteiger partial charge in [0.2, 0.25) is 0 Å². The average molecular weight is 335 g/mol. The third kappa shape index (κ3) is 4.29. The first kappa shape index (κ1) is 17.9. The molecule has 2 rings (SSSR count). The van der Waals surface area contributed by atoms with Crippen molar-refractivity contribution in [3.05, 3.63) is 65.2 Å². The summed E-state index contributed by atoms with van der Waals surface area (Å²) >= 11 is 0. The molecule has 0 bridgehead atoms. The number of halogens is 2. The first-order valence-corrected chi connectivity index (χ1v) is 7.41. The number of rotatable bonds is 5. The van der Waals surface area contributed by atoms with E-state index >= 15 is 0 Å². The molecule has 0 fully saturated rings. The van der Waals surface area contributed by atoms with Gasteiger partial charge in [0.25, 0.3) is 5.91 Å². The molecule has 0 heterocycles. The highest BCUT2D eigenvalue weighted by Gasteiger charge is 2.27. The normalized spacial score (nSPS) is 11.4. The molecule has 128 valence electrons. The summed E-state index contributed by atoms with van der Waals surface area (Å²) in [7, 11) is 0. The highest BCUT2D eigenvalue weighted by atomic mass is 19.1. The second-order valence-electron chi connectivity index (χ2n) is 6.22. The molecule has 0 atom stereocenters. The monoisotopic (exact) mass is 335 g/mol. The van der Waals surface area contributed by atoms with Gasteiger partial charge in [-0.3, -0.25) is 4.79 Å². The van der Waals surface area contributed by atoms with Crippen molar-refractivity contribution in [3.63, 3.8) is 0 Å². The number of benzene rings is 2. The zero-order chi connectivity index (χ0) is 17.9. The SMILES string of the molecule is CC(C)(O)CN(Cc1ccccc1)C(=O)c1ccc(F)c(O)c1F. The number of phenolic OH excluding ortho intramolecular Hbond substituents is 1. The van der Waals surface area contributed by atoms with Crippen molar-refractivity contribution in [2.24, 2.45) is 0 Å². The van der Waals surface area contributed by atoms with Gasteiger partial charge in [0.05, 0.1) is 11.2 Å². The molecule has 2 N–H and O–H groups in total. The number of aromatic hydroxyl groups is 1. The Hall–Kier alpha value is -2.47. The van der Waals surface area contributed by atoms with E-state index in [0.29, 0.717) is 0 Å². The van der Waals surface area contributed by atoms with E-state index in [1.807, 2.05) is 6.07 Å². The summed E-state index contributed by atoms with van der Waals surface area (Å²) in [6.07, 6.45) is 0. The summed E-state index contributed by atoms with van der Waals surface area (Å²) in [6.45, 7) is 3.13. The summed E-state index contributed by atoms with van der Waals surface area (Å²) in [5.41, 5.74) is -0.862. The fourth-order valence-corrected chi connectivity index (χ4v) is 2.35. The maximum Gasteiger partial charge on any atom is 0.257 e. The van der Waals surface area contributed by atoms with Crippen LogP contribution in [0.4, 0.5) is 8.78 Å². The van der Waals surface area contributed by atoms with Gasteiger partial charge in [-0.2, -0.15) is 0 Å². The molecule has 0 saturated carbocycles. The first-order chi connectivity index (χ1) is 11.2. The number of hydrogen-bond acceptors (Lipinski definition) is 3. The van der Waals surface area contributed by atoms with Crippen molar-refractivity contribution in [1.29, 1.82) is 0 Å². The molecule has 0 aromatic heterocycles. The van der Waals surface area contributed by atoms with E-state index in [2.05, 4.69) is 0 Å². The van der Waals surface area contributed by atoms with Gasteiger partial charge >= 0.3 is 0 Å². The van der Waals surface area contributed by atoms with Crippen molar-refractivity contribution in [1.82, 2.24) is 4.90 Å². The van der Waals surface area contributed by atoms with Gasteiger partial charge in [0.1, 0.15) is 0 Å². The molecule has 0 saturated heterocycles. The Labute approximate surface area is 139 Å². The molecule has 4 nitrogen and oxygen atoms in total. The molecule has 1 amide bonds. The number of amides is 1. The third-order valence-electron chi connectivity index (χ3n) is 3.38. The van der Waals surface area contributed by atoms with Crippen LogP contribution in [-0.2, 0) is 6.54 Å². The molecule has 6 heteroatoms. The van der Waals surface area contributed by atoms with E-state index in [9.17, 15) is 23.8 Å². The van der Waals surface area contributed by atoms with Crippen molar-refractivity contribution < 1.29 is 23.8 Å². The van der Waals surface area contributed by atoms with Crippen LogP contribution in [0, 0.1) is 11.6 Å². The highest BCUT2D eigenvalue weighted by Crippen LogP contribution is 2.25. The van der Waals surface area contributed by atoms with Crippen LogP contribution < -0.4 is 0 Å². The van der Waals surface area contributed by atoms with Gasteiger partial charge in [0, 0.05) is 13.1 Å². The quantitative estimate of drug-likeness (QED) is 0.883. The Morgan fingerprint density at radius 3 is 2.33 bits per heavy atom. The molecule has 0 unspecified atom stereocenters. The summed E-state index contributed by atoms with van der Waals surface area (Å²) < 4.78 is 27.2. The van der Waals surface area contributed by atoms with Crippen molar-refractivity contribution in [3.8, 4) is 5.75 Å². The number of carbonyl (C=O) groups is 1. The minimum Gasteiger partial charge on any atom is -0.503 e. The number of phenols is 1. The average Bonchev–Trinajstić information content (AvgIpc) is 2.51. The Morgan fingerprint density at radius 1 is 1.12 bits per heavy atom. The third-order valence-corrected chi connectivity index (χ3v) is 3.38. The van der Waals surface area contributed by atoms with Gasteiger partial charge in [0.15, 0.2) is 17.4 Å². The van der Waals surface area contributed by atoms with E-state index in [1.54, 1.807) is 24.3 Å². The molecule has 2 aromatic carbocycles. The van der Waals surface area contributed by atoms with Gasteiger partial charge in [-0.25, -0.2) is 8.78 Å². The molecule has 0 spiro atoms. The smallest absolute Gasteiger partial charge is 0.257 e. The number of hydrogen-bond donors (Lipinski definition) is 2. The Kier molecular flexibility index (Phi) is 5.19. The van der Waals surface area contributed by atoms with Gasteiger partial charge in [-0.15, -0.1) is 0 Å². The maximum atomic E-state index is 14.0. The van der Waals surface area contributed by atoms with Crippen LogP contribution >= 0.6 is 0 Å². The number of nitrogens with zero attached hydrogens (tertiary/aromatic N) is 1. The molecular weight excluding hydrogens is 316 g/mol. The largest absolute Gasteiger partial charge is 0.503 e. The second-order valence-corrected chi connectivity index (χ2v) is 6.22.